The fourth-order valence-electron chi connectivity index (χ4n) is 4.96. The van der Waals surface area contributed by atoms with Gasteiger partial charge in [-0.2, -0.15) is 0 Å². The average Bonchev–Trinajstić information content (AvgIpc) is 3.53. The molecule has 0 N–H and O–H groups in total. The van der Waals surface area contributed by atoms with Crippen molar-refractivity contribution >= 4 is 40.3 Å². The van der Waals surface area contributed by atoms with E-state index in [0.717, 1.165) is 17.9 Å². The van der Waals surface area contributed by atoms with Gasteiger partial charge in [-0.3, -0.25) is 9.69 Å². The highest BCUT2D eigenvalue weighted by molar-refractivity contribution is 8.26. The van der Waals surface area contributed by atoms with Gasteiger partial charge in [0.1, 0.15) is 27.3 Å². The van der Waals surface area contributed by atoms with Gasteiger partial charge in [0.05, 0.1) is 19.1 Å². The number of thiocarbonyl (C=S) groups is 1. The summed E-state index contributed by atoms with van der Waals surface area (Å²) in [5.41, 5.74) is 0.848. The van der Waals surface area contributed by atoms with Gasteiger partial charge in [0.25, 0.3) is 5.91 Å². The van der Waals surface area contributed by atoms with Crippen LogP contribution in [0, 0.1) is 11.8 Å². The summed E-state index contributed by atoms with van der Waals surface area (Å²) in [7, 11) is 3.23. The van der Waals surface area contributed by atoms with Gasteiger partial charge >= 0.3 is 0 Å². The van der Waals surface area contributed by atoms with Crippen LogP contribution in [0.1, 0.15) is 31.4 Å². The van der Waals surface area contributed by atoms with E-state index >= 15 is 0 Å². The molecule has 2 heterocycles. The van der Waals surface area contributed by atoms with Crippen molar-refractivity contribution in [2.45, 2.75) is 31.7 Å². The fraction of sp³-hybridized carbons (Fsp3) is 0.391. The van der Waals surface area contributed by atoms with Crippen LogP contribution in [0.25, 0.3) is 17.4 Å². The van der Waals surface area contributed by atoms with Crippen molar-refractivity contribution in [3.05, 3.63) is 41.0 Å². The summed E-state index contributed by atoms with van der Waals surface area (Å²) in [6, 6.07) is 9.62. The zero-order chi connectivity index (χ0) is 20.8. The summed E-state index contributed by atoms with van der Waals surface area (Å²) in [4.78, 5) is 15.6. The largest absolute Gasteiger partial charge is 0.497 e. The molecule has 2 saturated carbocycles. The molecule has 156 valence electrons. The monoisotopic (exact) mass is 441 g/mol. The molecule has 7 heteroatoms. The molecule has 3 atom stereocenters. The van der Waals surface area contributed by atoms with E-state index in [1.54, 1.807) is 20.3 Å². The van der Waals surface area contributed by atoms with Crippen LogP contribution in [0.4, 0.5) is 0 Å². The van der Waals surface area contributed by atoms with Gasteiger partial charge in [0, 0.05) is 23.7 Å². The third-order valence-electron chi connectivity index (χ3n) is 6.39. The first-order chi connectivity index (χ1) is 14.6. The molecule has 1 aromatic carbocycles. The maximum atomic E-state index is 13.1. The molecule has 1 aromatic heterocycles. The van der Waals surface area contributed by atoms with Gasteiger partial charge in [0.2, 0.25) is 0 Å². The number of benzene rings is 1. The lowest BCUT2D eigenvalue weighted by Gasteiger charge is -2.30. The standard InChI is InChI=1S/C23H23NO4S2/c1-26-17-9-15(10-18(11-17)27-2)20-6-5-16(28-20)12-21-22(25)24(23(29)30-21)19-8-13-3-4-14(19)7-13/h5-6,9-14,19H,3-4,7-8H2,1-2H3. The van der Waals surface area contributed by atoms with E-state index in [-0.39, 0.29) is 11.9 Å². The summed E-state index contributed by atoms with van der Waals surface area (Å²) >= 11 is 6.95. The molecule has 30 heavy (non-hydrogen) atoms. The van der Waals surface area contributed by atoms with Crippen molar-refractivity contribution in [2.75, 3.05) is 14.2 Å². The molecule has 3 unspecified atom stereocenters. The molecule has 5 rings (SSSR count). The third-order valence-corrected chi connectivity index (χ3v) is 7.72. The van der Waals surface area contributed by atoms with E-state index in [1.165, 1.54) is 31.0 Å². The number of furan rings is 1. The number of rotatable bonds is 5. The Morgan fingerprint density at radius 1 is 1.13 bits per heavy atom. The molecular weight excluding hydrogens is 418 g/mol. The summed E-state index contributed by atoms with van der Waals surface area (Å²) in [5, 5.41) is 0. The first-order valence-electron chi connectivity index (χ1n) is 10.2. The quantitative estimate of drug-likeness (QED) is 0.460. The zero-order valence-electron chi connectivity index (χ0n) is 16.9. The molecule has 3 aliphatic rings. The van der Waals surface area contributed by atoms with E-state index in [9.17, 15) is 4.79 Å². The first kappa shape index (κ1) is 19.7. The Labute approximate surface area is 185 Å². The molecule has 0 radical (unpaired) electrons. The van der Waals surface area contributed by atoms with Gasteiger partial charge < -0.3 is 13.9 Å². The van der Waals surface area contributed by atoms with Crippen molar-refractivity contribution in [1.29, 1.82) is 0 Å². The van der Waals surface area contributed by atoms with Crippen LogP contribution >= 0.6 is 24.0 Å². The van der Waals surface area contributed by atoms with E-state index in [0.29, 0.717) is 38.2 Å². The molecule has 5 nitrogen and oxygen atoms in total. The maximum absolute atomic E-state index is 13.1. The second kappa shape index (κ2) is 7.78. The van der Waals surface area contributed by atoms with Crippen molar-refractivity contribution in [3.8, 4) is 22.8 Å². The van der Waals surface area contributed by atoms with Gasteiger partial charge in [-0.05, 0) is 55.4 Å². The number of hydrogen-bond donors (Lipinski definition) is 0. The normalized spacial score (nSPS) is 26.8. The lowest BCUT2D eigenvalue weighted by Crippen LogP contribution is -2.41. The van der Waals surface area contributed by atoms with Gasteiger partial charge in [-0.25, -0.2) is 0 Å². The Morgan fingerprint density at radius 2 is 1.90 bits per heavy atom. The first-order valence-corrected chi connectivity index (χ1v) is 11.4. The number of thioether (sulfide) groups is 1. The van der Waals surface area contributed by atoms with Gasteiger partial charge in [-0.15, -0.1) is 0 Å². The average molecular weight is 442 g/mol. The van der Waals surface area contributed by atoms with Crippen LogP contribution in [-0.4, -0.2) is 35.4 Å². The van der Waals surface area contributed by atoms with Crippen LogP contribution in [-0.2, 0) is 4.79 Å². The fourth-order valence-corrected chi connectivity index (χ4v) is 6.31. The number of amides is 1. The zero-order valence-corrected chi connectivity index (χ0v) is 18.6. The number of fused-ring (bicyclic) bond motifs is 2. The second-order valence-electron chi connectivity index (χ2n) is 8.10. The molecule has 1 saturated heterocycles. The Bertz CT molecular complexity index is 1020. The molecule has 3 fully saturated rings. The number of ether oxygens (including phenoxy) is 2. The van der Waals surface area contributed by atoms with Gasteiger partial charge in [0.15, 0.2) is 0 Å². The Balaban J connectivity index is 1.38. The highest BCUT2D eigenvalue weighted by Crippen LogP contribution is 2.49. The minimum Gasteiger partial charge on any atom is -0.497 e. The number of carbonyl (C=O) groups excluding carboxylic acids is 1. The lowest BCUT2D eigenvalue weighted by atomic mass is 9.94. The Kier molecular flexibility index (Phi) is 5.11. The highest BCUT2D eigenvalue weighted by Gasteiger charge is 2.47. The number of hydrogen-bond acceptors (Lipinski definition) is 6. The molecule has 2 aliphatic carbocycles. The summed E-state index contributed by atoms with van der Waals surface area (Å²) in [6.07, 6.45) is 6.65. The number of methoxy groups -OCH3 is 2. The molecule has 2 aromatic rings. The highest BCUT2D eigenvalue weighted by atomic mass is 32.2. The predicted molar refractivity (Wildman–Crippen MR) is 121 cm³/mol. The van der Waals surface area contributed by atoms with E-state index in [4.69, 9.17) is 26.1 Å². The Morgan fingerprint density at radius 3 is 2.53 bits per heavy atom. The van der Waals surface area contributed by atoms with Crippen LogP contribution < -0.4 is 9.47 Å². The van der Waals surface area contributed by atoms with Crippen LogP contribution in [0.3, 0.4) is 0 Å². The molecule has 2 bridgehead atoms. The topological polar surface area (TPSA) is 51.9 Å². The van der Waals surface area contributed by atoms with Crippen molar-refractivity contribution < 1.29 is 18.7 Å². The minimum atomic E-state index is 0.0172. The number of nitrogens with zero attached hydrogens (tertiary/aromatic N) is 1. The van der Waals surface area contributed by atoms with Crippen LogP contribution in [0.15, 0.2) is 39.7 Å². The van der Waals surface area contributed by atoms with E-state index < -0.39 is 0 Å². The maximum Gasteiger partial charge on any atom is 0.266 e. The minimum absolute atomic E-state index is 0.0172. The second-order valence-corrected chi connectivity index (χ2v) is 9.77. The van der Waals surface area contributed by atoms with Crippen LogP contribution in [0.5, 0.6) is 11.5 Å². The summed E-state index contributed by atoms with van der Waals surface area (Å²) < 4.78 is 17.4. The van der Waals surface area contributed by atoms with Crippen molar-refractivity contribution in [3.63, 3.8) is 0 Å². The predicted octanol–water partition coefficient (Wildman–Crippen LogP) is 5.35. The van der Waals surface area contributed by atoms with Crippen molar-refractivity contribution in [2.24, 2.45) is 11.8 Å². The Hall–Kier alpha value is -2.25. The lowest BCUT2D eigenvalue weighted by molar-refractivity contribution is -0.124. The van der Waals surface area contributed by atoms with E-state index in [2.05, 4.69) is 0 Å². The SMILES string of the molecule is COc1cc(OC)cc(-c2ccc(C=C3SC(=S)N(C4CC5CCC4C5)C3=O)o2)c1. The molecule has 1 aliphatic heterocycles. The molecule has 1 amide bonds. The molecular formula is C23H23NO4S2. The summed E-state index contributed by atoms with van der Waals surface area (Å²) in [5.74, 6) is 4.07. The number of carbonyl (C=O) groups is 1. The van der Waals surface area contributed by atoms with Crippen LogP contribution in [0.2, 0.25) is 0 Å². The molecule has 0 spiro atoms. The van der Waals surface area contributed by atoms with Crippen molar-refractivity contribution in [1.82, 2.24) is 4.90 Å². The van der Waals surface area contributed by atoms with E-state index in [1.807, 2.05) is 35.2 Å². The third kappa shape index (κ3) is 3.44. The van der Waals surface area contributed by atoms with Gasteiger partial charge in [-0.1, -0.05) is 30.4 Å². The summed E-state index contributed by atoms with van der Waals surface area (Å²) in [6.45, 7) is 0. The smallest absolute Gasteiger partial charge is 0.266 e.